The Bertz CT molecular complexity index is 458. The van der Waals surface area contributed by atoms with Crippen LogP contribution in [-0.4, -0.2) is 22.3 Å². The Hall–Kier alpha value is -1.10. The molecule has 4 nitrogen and oxygen atoms in total. The van der Waals surface area contributed by atoms with E-state index >= 15 is 0 Å². The van der Waals surface area contributed by atoms with Gasteiger partial charge < -0.3 is 10.3 Å². The SMILES string of the molecule is O=C(NCC1CCCC1Br)c1cc[nH]c(=O)c1. The van der Waals surface area contributed by atoms with Gasteiger partial charge in [-0.05, 0) is 24.8 Å². The summed E-state index contributed by atoms with van der Waals surface area (Å²) >= 11 is 3.62. The molecule has 2 rings (SSSR count). The van der Waals surface area contributed by atoms with E-state index < -0.39 is 0 Å². The van der Waals surface area contributed by atoms with E-state index in [0.717, 1.165) is 6.42 Å². The number of nitrogens with one attached hydrogen (secondary N) is 2. The molecule has 92 valence electrons. The molecule has 1 fully saturated rings. The minimum absolute atomic E-state index is 0.178. The van der Waals surface area contributed by atoms with Gasteiger partial charge in [-0.3, -0.25) is 9.59 Å². The highest BCUT2D eigenvalue weighted by Crippen LogP contribution is 2.30. The van der Waals surface area contributed by atoms with Gasteiger partial charge in [-0.2, -0.15) is 0 Å². The largest absolute Gasteiger partial charge is 0.352 e. The van der Waals surface area contributed by atoms with Crippen molar-refractivity contribution >= 4 is 21.8 Å². The molecule has 0 spiro atoms. The fourth-order valence-electron chi connectivity index (χ4n) is 2.13. The van der Waals surface area contributed by atoms with E-state index in [4.69, 9.17) is 0 Å². The first-order chi connectivity index (χ1) is 8.16. The van der Waals surface area contributed by atoms with Crippen LogP contribution in [0.4, 0.5) is 0 Å². The van der Waals surface area contributed by atoms with Crippen LogP contribution in [0.2, 0.25) is 0 Å². The van der Waals surface area contributed by atoms with Crippen molar-refractivity contribution in [3.05, 3.63) is 34.2 Å². The second kappa shape index (κ2) is 5.49. The Morgan fingerprint density at radius 2 is 2.35 bits per heavy atom. The Labute approximate surface area is 108 Å². The van der Waals surface area contributed by atoms with Gasteiger partial charge in [-0.15, -0.1) is 0 Å². The fraction of sp³-hybridized carbons (Fsp3) is 0.500. The quantitative estimate of drug-likeness (QED) is 0.834. The number of amides is 1. The van der Waals surface area contributed by atoms with Gasteiger partial charge in [0.25, 0.3) is 5.91 Å². The van der Waals surface area contributed by atoms with E-state index in [2.05, 4.69) is 26.2 Å². The summed E-state index contributed by atoms with van der Waals surface area (Å²) in [6.45, 7) is 0.668. The number of aromatic nitrogens is 1. The van der Waals surface area contributed by atoms with Gasteiger partial charge in [0.15, 0.2) is 0 Å². The number of hydrogen-bond donors (Lipinski definition) is 2. The molecule has 1 heterocycles. The molecule has 0 aliphatic heterocycles. The standard InChI is InChI=1S/C12H15BrN2O2/c13-10-3-1-2-9(10)7-15-12(17)8-4-5-14-11(16)6-8/h4-6,9-10H,1-3,7H2,(H,14,16)(H,15,17). The van der Waals surface area contributed by atoms with Crippen LogP contribution in [0.1, 0.15) is 29.6 Å². The van der Waals surface area contributed by atoms with Crippen molar-refractivity contribution in [2.45, 2.75) is 24.1 Å². The molecule has 0 saturated heterocycles. The topological polar surface area (TPSA) is 62.0 Å². The van der Waals surface area contributed by atoms with Crippen LogP contribution in [0.3, 0.4) is 0 Å². The van der Waals surface area contributed by atoms with Gasteiger partial charge in [0.2, 0.25) is 5.56 Å². The number of carbonyl (C=O) groups is 1. The lowest BCUT2D eigenvalue weighted by Crippen LogP contribution is -2.31. The van der Waals surface area contributed by atoms with E-state index in [-0.39, 0.29) is 11.5 Å². The van der Waals surface area contributed by atoms with E-state index in [1.54, 1.807) is 6.07 Å². The predicted molar refractivity (Wildman–Crippen MR) is 69.5 cm³/mol. The zero-order valence-electron chi connectivity index (χ0n) is 9.41. The second-order valence-corrected chi connectivity index (χ2v) is 5.53. The summed E-state index contributed by atoms with van der Waals surface area (Å²) in [5.41, 5.74) is 0.162. The predicted octanol–water partition coefficient (Wildman–Crippen LogP) is 1.67. The van der Waals surface area contributed by atoms with Crippen molar-refractivity contribution in [3.63, 3.8) is 0 Å². The summed E-state index contributed by atoms with van der Waals surface area (Å²) in [7, 11) is 0. The Morgan fingerprint density at radius 3 is 3.00 bits per heavy atom. The maximum atomic E-state index is 11.8. The molecule has 2 atom stereocenters. The van der Waals surface area contributed by atoms with Crippen molar-refractivity contribution in [2.75, 3.05) is 6.54 Å². The normalized spacial score (nSPS) is 23.6. The third kappa shape index (κ3) is 3.19. The molecular formula is C12H15BrN2O2. The van der Waals surface area contributed by atoms with Gasteiger partial charge in [0, 0.05) is 29.2 Å². The van der Waals surface area contributed by atoms with Crippen LogP contribution in [0, 0.1) is 5.92 Å². The average molecular weight is 299 g/mol. The highest BCUT2D eigenvalue weighted by atomic mass is 79.9. The van der Waals surface area contributed by atoms with Gasteiger partial charge in [0.05, 0.1) is 0 Å². The van der Waals surface area contributed by atoms with Gasteiger partial charge >= 0.3 is 0 Å². The summed E-state index contributed by atoms with van der Waals surface area (Å²) < 4.78 is 0. The molecule has 1 aromatic heterocycles. The number of alkyl halides is 1. The van der Waals surface area contributed by atoms with Gasteiger partial charge in [-0.25, -0.2) is 0 Å². The molecule has 2 N–H and O–H groups in total. The average Bonchev–Trinajstić information content (AvgIpc) is 2.72. The van der Waals surface area contributed by atoms with E-state index in [9.17, 15) is 9.59 Å². The van der Waals surface area contributed by atoms with Crippen molar-refractivity contribution in [1.29, 1.82) is 0 Å². The van der Waals surface area contributed by atoms with Crippen molar-refractivity contribution in [3.8, 4) is 0 Å². The van der Waals surface area contributed by atoms with Crippen LogP contribution < -0.4 is 10.9 Å². The number of carbonyl (C=O) groups excluding carboxylic acids is 1. The molecular weight excluding hydrogens is 284 g/mol. The Kier molecular flexibility index (Phi) is 3.99. The zero-order valence-corrected chi connectivity index (χ0v) is 11.0. The lowest BCUT2D eigenvalue weighted by Gasteiger charge is -2.14. The Morgan fingerprint density at radius 1 is 1.53 bits per heavy atom. The highest BCUT2D eigenvalue weighted by Gasteiger charge is 2.25. The number of hydrogen-bond acceptors (Lipinski definition) is 2. The van der Waals surface area contributed by atoms with Crippen molar-refractivity contribution in [2.24, 2.45) is 5.92 Å². The molecule has 2 unspecified atom stereocenters. The molecule has 0 radical (unpaired) electrons. The lowest BCUT2D eigenvalue weighted by molar-refractivity contribution is 0.0947. The van der Waals surface area contributed by atoms with Crippen molar-refractivity contribution < 1.29 is 4.79 Å². The van der Waals surface area contributed by atoms with Crippen LogP contribution in [0.5, 0.6) is 0 Å². The molecule has 1 aliphatic rings. The maximum Gasteiger partial charge on any atom is 0.251 e. The smallest absolute Gasteiger partial charge is 0.251 e. The summed E-state index contributed by atoms with van der Waals surface area (Å²) in [5.74, 6) is 0.323. The van der Waals surface area contributed by atoms with Crippen LogP contribution in [-0.2, 0) is 0 Å². The molecule has 1 amide bonds. The molecule has 1 saturated carbocycles. The molecule has 0 aromatic carbocycles. The fourth-order valence-corrected chi connectivity index (χ4v) is 2.91. The summed E-state index contributed by atoms with van der Waals surface area (Å²) in [5, 5.41) is 2.88. The van der Waals surface area contributed by atoms with Gasteiger partial charge in [0.1, 0.15) is 0 Å². The number of rotatable bonds is 3. The third-order valence-corrected chi connectivity index (χ3v) is 4.33. The first-order valence-corrected chi connectivity index (χ1v) is 6.69. The van der Waals surface area contributed by atoms with Crippen molar-refractivity contribution in [1.82, 2.24) is 10.3 Å². The minimum atomic E-state index is -0.253. The van der Waals surface area contributed by atoms with Crippen LogP contribution >= 0.6 is 15.9 Å². The molecule has 1 aromatic rings. The highest BCUT2D eigenvalue weighted by molar-refractivity contribution is 9.09. The maximum absolute atomic E-state index is 11.8. The second-order valence-electron chi connectivity index (χ2n) is 4.36. The summed E-state index contributed by atoms with van der Waals surface area (Å²) in [4.78, 5) is 25.8. The first-order valence-electron chi connectivity index (χ1n) is 5.78. The van der Waals surface area contributed by atoms with E-state index in [1.165, 1.54) is 25.1 Å². The Balaban J connectivity index is 1.91. The van der Waals surface area contributed by atoms with E-state index in [1.807, 2.05) is 0 Å². The summed E-state index contributed by atoms with van der Waals surface area (Å²) in [6.07, 6.45) is 5.01. The lowest BCUT2D eigenvalue weighted by atomic mass is 10.1. The van der Waals surface area contributed by atoms with Gasteiger partial charge in [-0.1, -0.05) is 22.4 Å². The van der Waals surface area contributed by atoms with E-state index in [0.29, 0.717) is 22.9 Å². The number of halogens is 1. The molecule has 17 heavy (non-hydrogen) atoms. The molecule has 0 bridgehead atoms. The monoisotopic (exact) mass is 298 g/mol. The number of aromatic amines is 1. The minimum Gasteiger partial charge on any atom is -0.352 e. The molecule has 5 heteroatoms. The zero-order chi connectivity index (χ0) is 12.3. The third-order valence-electron chi connectivity index (χ3n) is 3.13. The molecule has 1 aliphatic carbocycles. The van der Waals surface area contributed by atoms with Crippen LogP contribution in [0.15, 0.2) is 23.1 Å². The first kappa shape index (κ1) is 12.4. The number of H-pyrrole nitrogens is 1. The summed E-state index contributed by atoms with van der Waals surface area (Å²) in [6, 6.07) is 2.92. The number of pyridine rings is 1. The van der Waals surface area contributed by atoms with Crippen LogP contribution in [0.25, 0.3) is 0 Å².